The standard InChI is InChI=1S/C10H16N2O4.C8H14N2O3/c1-7(13)11-6-4-5-9(10(15)16-3)12(11)8(2)14;1-6(11)10-5-3-4-7(9-10)8(12)13-2/h9H,4-6H2,1-3H3;7,9H,3-5H2,1-2H3. The molecule has 1 N–H and O–H groups in total. The highest BCUT2D eigenvalue weighted by Crippen LogP contribution is 2.19. The van der Waals surface area contributed by atoms with Crippen LogP contribution in [0.15, 0.2) is 0 Å². The topological polar surface area (TPSA) is 126 Å². The van der Waals surface area contributed by atoms with Crippen LogP contribution in [0.4, 0.5) is 0 Å². The average Bonchev–Trinajstić information content (AvgIpc) is 2.72. The summed E-state index contributed by atoms with van der Waals surface area (Å²) in [6, 6.07) is -1.05. The molecule has 3 amide bonds. The molecule has 0 radical (unpaired) electrons. The average molecular weight is 414 g/mol. The predicted molar refractivity (Wildman–Crippen MR) is 101 cm³/mol. The molecule has 2 aliphatic heterocycles. The molecule has 164 valence electrons. The third kappa shape index (κ3) is 6.70. The SMILES string of the molecule is COC(=O)C1CCCN(C(C)=O)N1.COC(=O)C1CCCN(C(C)=O)N1C(C)=O. The molecule has 0 spiro atoms. The van der Waals surface area contributed by atoms with Gasteiger partial charge in [-0.3, -0.25) is 29.2 Å². The maximum Gasteiger partial charge on any atom is 0.330 e. The van der Waals surface area contributed by atoms with Crippen molar-refractivity contribution in [1.29, 1.82) is 0 Å². The van der Waals surface area contributed by atoms with Crippen molar-refractivity contribution in [2.75, 3.05) is 27.3 Å². The second-order valence-electron chi connectivity index (χ2n) is 6.70. The third-order valence-electron chi connectivity index (χ3n) is 4.61. The molecule has 0 aromatic carbocycles. The monoisotopic (exact) mass is 414 g/mol. The van der Waals surface area contributed by atoms with Crippen LogP contribution in [0.2, 0.25) is 0 Å². The highest BCUT2D eigenvalue weighted by Gasteiger charge is 2.37. The molecule has 0 bridgehead atoms. The number of hydrogen-bond acceptors (Lipinski definition) is 8. The van der Waals surface area contributed by atoms with Gasteiger partial charge in [-0.1, -0.05) is 0 Å². The quantitative estimate of drug-likeness (QED) is 0.606. The van der Waals surface area contributed by atoms with Crippen molar-refractivity contribution in [1.82, 2.24) is 20.5 Å². The molecule has 11 nitrogen and oxygen atoms in total. The molecule has 11 heteroatoms. The Morgan fingerprint density at radius 3 is 1.86 bits per heavy atom. The van der Waals surface area contributed by atoms with Gasteiger partial charge in [-0.25, -0.2) is 15.2 Å². The maximum absolute atomic E-state index is 11.5. The maximum atomic E-state index is 11.5. The van der Waals surface area contributed by atoms with E-state index in [9.17, 15) is 24.0 Å². The summed E-state index contributed by atoms with van der Waals surface area (Å²) in [5.41, 5.74) is 2.81. The molecule has 2 atom stereocenters. The van der Waals surface area contributed by atoms with Crippen LogP contribution in [-0.2, 0) is 33.4 Å². The highest BCUT2D eigenvalue weighted by atomic mass is 16.5. The van der Waals surface area contributed by atoms with Crippen molar-refractivity contribution < 1.29 is 33.4 Å². The van der Waals surface area contributed by atoms with Crippen LogP contribution in [0.5, 0.6) is 0 Å². The summed E-state index contributed by atoms with van der Waals surface area (Å²) in [6.07, 6.45) is 2.75. The van der Waals surface area contributed by atoms with E-state index in [1.54, 1.807) is 0 Å². The number of amides is 3. The van der Waals surface area contributed by atoms with E-state index >= 15 is 0 Å². The number of nitrogens with zero attached hydrogens (tertiary/aromatic N) is 3. The van der Waals surface area contributed by atoms with E-state index in [1.165, 1.54) is 50.0 Å². The molecular formula is C18H30N4O7. The Labute approximate surface area is 170 Å². The Hall–Kier alpha value is -2.69. The molecule has 2 saturated heterocycles. The molecule has 2 aliphatic rings. The third-order valence-corrected chi connectivity index (χ3v) is 4.61. The second-order valence-corrected chi connectivity index (χ2v) is 6.70. The van der Waals surface area contributed by atoms with Gasteiger partial charge in [0.05, 0.1) is 14.2 Å². The number of esters is 2. The molecule has 2 heterocycles. The Kier molecular flexibility index (Phi) is 9.53. The summed E-state index contributed by atoms with van der Waals surface area (Å²) in [4.78, 5) is 56.4. The Morgan fingerprint density at radius 2 is 1.38 bits per heavy atom. The fourth-order valence-corrected chi connectivity index (χ4v) is 3.22. The first kappa shape index (κ1) is 24.3. The molecular weight excluding hydrogens is 384 g/mol. The zero-order chi connectivity index (χ0) is 22.1. The van der Waals surface area contributed by atoms with Crippen LogP contribution < -0.4 is 5.43 Å². The van der Waals surface area contributed by atoms with Crippen molar-refractivity contribution in [3.63, 3.8) is 0 Å². The number of hydrogen-bond donors (Lipinski definition) is 1. The normalized spacial score (nSPS) is 21.5. The minimum absolute atomic E-state index is 0.0754. The van der Waals surface area contributed by atoms with E-state index in [0.29, 0.717) is 25.9 Å². The molecule has 0 aromatic heterocycles. The lowest BCUT2D eigenvalue weighted by molar-refractivity contribution is -0.181. The van der Waals surface area contributed by atoms with Gasteiger partial charge in [0.1, 0.15) is 6.04 Å². The lowest BCUT2D eigenvalue weighted by atomic mass is 10.1. The number of hydrazine groups is 2. The lowest BCUT2D eigenvalue weighted by Gasteiger charge is -2.41. The minimum atomic E-state index is -0.680. The van der Waals surface area contributed by atoms with Gasteiger partial charge in [0.15, 0.2) is 6.04 Å². The summed E-state index contributed by atoms with van der Waals surface area (Å²) < 4.78 is 9.21. The van der Waals surface area contributed by atoms with Crippen LogP contribution in [-0.4, -0.2) is 84.1 Å². The van der Waals surface area contributed by atoms with E-state index in [4.69, 9.17) is 0 Å². The minimum Gasteiger partial charge on any atom is -0.468 e. The summed E-state index contributed by atoms with van der Waals surface area (Å²) >= 11 is 0. The van der Waals surface area contributed by atoms with Gasteiger partial charge < -0.3 is 9.47 Å². The molecule has 2 fully saturated rings. The van der Waals surface area contributed by atoms with E-state index in [-0.39, 0.29) is 29.7 Å². The fraction of sp³-hybridized carbons (Fsp3) is 0.722. The van der Waals surface area contributed by atoms with E-state index < -0.39 is 12.0 Å². The summed E-state index contributed by atoms with van der Waals surface area (Å²) in [7, 11) is 2.62. The van der Waals surface area contributed by atoms with Crippen molar-refractivity contribution >= 4 is 29.7 Å². The van der Waals surface area contributed by atoms with Gasteiger partial charge >= 0.3 is 11.9 Å². The summed E-state index contributed by atoms with van der Waals surface area (Å²) in [5.74, 6) is -1.45. The molecule has 0 saturated carbocycles. The lowest BCUT2D eigenvalue weighted by Crippen LogP contribution is -2.59. The van der Waals surface area contributed by atoms with Crippen LogP contribution in [0.1, 0.15) is 46.5 Å². The largest absolute Gasteiger partial charge is 0.468 e. The number of carbonyl (C=O) groups is 5. The van der Waals surface area contributed by atoms with Gasteiger partial charge in [-0.05, 0) is 25.7 Å². The summed E-state index contributed by atoms with van der Waals surface area (Å²) in [5, 5.41) is 3.94. The van der Waals surface area contributed by atoms with Crippen molar-refractivity contribution in [2.45, 2.75) is 58.5 Å². The van der Waals surface area contributed by atoms with Crippen molar-refractivity contribution in [2.24, 2.45) is 0 Å². The first-order valence-corrected chi connectivity index (χ1v) is 9.41. The molecule has 2 rings (SSSR count). The molecule has 0 aliphatic carbocycles. The van der Waals surface area contributed by atoms with Crippen LogP contribution in [0.25, 0.3) is 0 Å². The molecule has 0 aromatic rings. The van der Waals surface area contributed by atoms with Gasteiger partial charge in [0.2, 0.25) is 17.7 Å². The van der Waals surface area contributed by atoms with Crippen LogP contribution in [0.3, 0.4) is 0 Å². The number of methoxy groups -OCH3 is 2. The molecule has 2 unspecified atom stereocenters. The smallest absolute Gasteiger partial charge is 0.330 e. The van der Waals surface area contributed by atoms with Gasteiger partial charge in [0.25, 0.3) is 0 Å². The van der Waals surface area contributed by atoms with Crippen LogP contribution in [0, 0.1) is 0 Å². The number of nitrogens with one attached hydrogen (secondary N) is 1. The van der Waals surface area contributed by atoms with Gasteiger partial charge in [-0.15, -0.1) is 0 Å². The Morgan fingerprint density at radius 1 is 0.793 bits per heavy atom. The van der Waals surface area contributed by atoms with Gasteiger partial charge in [-0.2, -0.15) is 0 Å². The van der Waals surface area contributed by atoms with Gasteiger partial charge in [0, 0.05) is 33.9 Å². The first-order valence-electron chi connectivity index (χ1n) is 9.41. The fourth-order valence-electron chi connectivity index (χ4n) is 3.22. The van der Waals surface area contributed by atoms with E-state index in [2.05, 4.69) is 14.9 Å². The Bertz CT molecular complexity index is 640. The summed E-state index contributed by atoms with van der Waals surface area (Å²) in [6.45, 7) is 5.28. The zero-order valence-electron chi connectivity index (χ0n) is 17.6. The number of ether oxygens (including phenoxy) is 2. The van der Waals surface area contributed by atoms with E-state index in [0.717, 1.165) is 12.8 Å². The van der Waals surface area contributed by atoms with Crippen molar-refractivity contribution in [3.05, 3.63) is 0 Å². The number of carbonyl (C=O) groups excluding carboxylic acids is 5. The first-order chi connectivity index (χ1) is 13.6. The van der Waals surface area contributed by atoms with Crippen LogP contribution >= 0.6 is 0 Å². The predicted octanol–water partition coefficient (Wildman–Crippen LogP) is -0.391. The van der Waals surface area contributed by atoms with Crippen molar-refractivity contribution in [3.8, 4) is 0 Å². The Balaban J connectivity index is 0.000000296. The van der Waals surface area contributed by atoms with E-state index in [1.807, 2.05) is 0 Å². The highest BCUT2D eigenvalue weighted by molar-refractivity contribution is 5.86. The zero-order valence-corrected chi connectivity index (χ0v) is 17.6. The molecule has 29 heavy (non-hydrogen) atoms. The second kappa shape index (κ2) is 11.3. The number of rotatable bonds is 2.